The molecule has 0 aliphatic carbocycles. The van der Waals surface area contributed by atoms with Crippen molar-refractivity contribution in [3.8, 4) is 90.3 Å². The van der Waals surface area contributed by atoms with Crippen molar-refractivity contribution in [3.05, 3.63) is 274 Å². The molecule has 134 heavy (non-hydrogen) atoms. The summed E-state index contributed by atoms with van der Waals surface area (Å²) in [5.41, 5.74) is 21.7. The molecule has 0 amide bonds. The number of aromatic amines is 7. The minimum Gasteiger partial charge on any atom is -0.497 e. The van der Waals surface area contributed by atoms with Crippen LogP contribution in [0.4, 0.5) is 13.2 Å². The van der Waals surface area contributed by atoms with Crippen LogP contribution in [-0.4, -0.2) is 215 Å². The van der Waals surface area contributed by atoms with Crippen molar-refractivity contribution in [1.29, 1.82) is 0 Å². The standard InChI is InChI=1S/2C15H20ClN3O.C15H20ClN3.3C14H17ClFN3.C14H18ClN3/c1-4-7-19(2)10-12-9-17-18-15(12)11-5-6-14(20-3)13(16)8-11;1-4-5-19(2)10-12-9-17-18-15(12)11-6-13(16)8-14(7-11)20-3;1-4-7-19(3)10-13-9-17-18-15(13)12-6-5-11(2)14(16)8-12;1-3-7-19(2)9-10-8-17-18-14(10)11-5-4-6-12(15)13(11)16;1-3-6-19(2)9-11-8-17-18-14(11)10-4-5-13(16)12(15)7-10;1-3-4-19(2)9-11-8-17-18-14(11)10-5-12(15)7-13(16)6-10;1-3-7-18(2)10-12-9-16-17-14(12)11-5-4-6-13(15)8-11/h5-6,8-9H,4,7,10H2,1-3H3,(H,17,18);6-9H,4-5,10H2,1-3H3,(H,17,18);5-6,8-9H,4,7,10H2,1-3H3,(H,17,18);4-6,8H,3,7,9H2,1-2H3,(H,17,18);4-5,7-8H,3,6,9H2,1-2H3,(H,17,18);5-8H,3-4,9H2,1-2H3,(H,17,18);4-6,8-9H,3,7,10H2,1-2H3,(H,16,17). The number of benzene rings is 7. The number of nitrogens with zero attached hydrogens (tertiary/aromatic N) is 14. The van der Waals surface area contributed by atoms with Gasteiger partial charge in [-0.05, 0) is 256 Å². The van der Waals surface area contributed by atoms with Crippen LogP contribution >= 0.6 is 81.2 Å². The zero-order chi connectivity index (χ0) is 97.3. The summed E-state index contributed by atoms with van der Waals surface area (Å²) < 4.78 is 51.1. The lowest BCUT2D eigenvalue weighted by atomic mass is 10.1. The molecule has 14 aromatic rings. The van der Waals surface area contributed by atoms with E-state index in [0.29, 0.717) is 32.1 Å². The Labute approximate surface area is 823 Å². The largest absolute Gasteiger partial charge is 0.497 e. The van der Waals surface area contributed by atoms with Crippen molar-refractivity contribution in [2.45, 2.75) is 146 Å². The van der Waals surface area contributed by atoms with Gasteiger partial charge in [0.05, 0.1) is 113 Å². The van der Waals surface area contributed by atoms with E-state index in [-0.39, 0.29) is 15.9 Å². The molecule has 0 unspecified atom stereocenters. The molecule has 7 aromatic carbocycles. The minimum absolute atomic E-state index is 0.125. The number of rotatable bonds is 37. The highest BCUT2D eigenvalue weighted by Gasteiger charge is 2.21. The Morgan fingerprint density at radius 1 is 0.291 bits per heavy atom. The summed E-state index contributed by atoms with van der Waals surface area (Å²) in [7, 11) is 17.9. The first-order valence-corrected chi connectivity index (χ1v) is 47.6. The van der Waals surface area contributed by atoms with Crippen LogP contribution in [0.5, 0.6) is 11.5 Å². The molecule has 33 heteroatoms. The van der Waals surface area contributed by atoms with E-state index in [9.17, 15) is 13.2 Å². The van der Waals surface area contributed by atoms with Crippen LogP contribution in [0.1, 0.15) is 138 Å². The summed E-state index contributed by atoms with van der Waals surface area (Å²) in [6.07, 6.45) is 20.7. The zero-order valence-electron chi connectivity index (χ0n) is 79.9. The molecule has 7 aromatic heterocycles. The Hall–Kier alpha value is -9.85. The summed E-state index contributed by atoms with van der Waals surface area (Å²) in [5.74, 6) is 0.266. The second-order valence-corrected chi connectivity index (χ2v) is 36.1. The summed E-state index contributed by atoms with van der Waals surface area (Å²) in [5, 5.41) is 53.2. The van der Waals surface area contributed by atoms with Crippen molar-refractivity contribution >= 4 is 81.2 Å². The second-order valence-electron chi connectivity index (χ2n) is 33.1. The molecular formula is C101H129Cl7F3N21O2. The fourth-order valence-corrected chi connectivity index (χ4v) is 16.5. The van der Waals surface area contributed by atoms with Crippen molar-refractivity contribution in [1.82, 2.24) is 106 Å². The Balaban J connectivity index is 0.000000192. The predicted molar refractivity (Wildman–Crippen MR) is 547 cm³/mol. The van der Waals surface area contributed by atoms with E-state index in [0.717, 1.165) is 248 Å². The summed E-state index contributed by atoms with van der Waals surface area (Å²) in [4.78, 5) is 15.7. The third kappa shape index (κ3) is 34.4. The topological polar surface area (TPSA) is 242 Å². The number of nitrogens with one attached hydrogen (secondary N) is 7. The van der Waals surface area contributed by atoms with Crippen LogP contribution < -0.4 is 9.47 Å². The molecule has 0 atom stereocenters. The molecule has 0 fully saturated rings. The van der Waals surface area contributed by atoms with Crippen molar-refractivity contribution in [2.75, 3.05) is 109 Å². The van der Waals surface area contributed by atoms with E-state index in [1.54, 1.807) is 75.3 Å². The monoisotopic (exact) mass is 1970 g/mol. The Morgan fingerprint density at radius 2 is 0.604 bits per heavy atom. The van der Waals surface area contributed by atoms with E-state index in [2.05, 4.69) is 202 Å². The van der Waals surface area contributed by atoms with Crippen LogP contribution in [0, 0.1) is 24.4 Å². The summed E-state index contributed by atoms with van der Waals surface area (Å²) in [6.45, 7) is 30.3. The highest BCUT2D eigenvalue weighted by molar-refractivity contribution is 6.33. The van der Waals surface area contributed by atoms with Gasteiger partial charge in [0.25, 0.3) is 0 Å². The number of methoxy groups -OCH3 is 2. The molecule has 720 valence electrons. The average Bonchev–Trinajstić information content (AvgIpc) is 1.60. The number of hydrogen-bond acceptors (Lipinski definition) is 16. The van der Waals surface area contributed by atoms with Crippen molar-refractivity contribution < 1.29 is 22.6 Å². The number of aryl methyl sites for hydroxylation is 1. The first-order chi connectivity index (χ1) is 64.4. The van der Waals surface area contributed by atoms with E-state index < -0.39 is 11.6 Å². The summed E-state index contributed by atoms with van der Waals surface area (Å²) >= 11 is 42.1. The lowest BCUT2D eigenvalue weighted by molar-refractivity contribution is 0.328. The van der Waals surface area contributed by atoms with Gasteiger partial charge >= 0.3 is 0 Å². The molecule has 0 saturated carbocycles. The van der Waals surface area contributed by atoms with Crippen LogP contribution in [0.15, 0.2) is 177 Å². The maximum absolute atomic E-state index is 14.0. The van der Waals surface area contributed by atoms with E-state index in [4.69, 9.17) is 90.7 Å². The maximum Gasteiger partial charge on any atom is 0.151 e. The molecule has 14 rings (SSSR count). The SMILES string of the molecule is CCCN(C)Cc1cn[nH]c1-c1cc(Cl)cc(OC)c1.CCCN(C)Cc1cn[nH]c1-c1cc(F)cc(Cl)c1.CCCN(C)Cc1cn[nH]c1-c1ccc(C)c(Cl)c1.CCCN(C)Cc1cn[nH]c1-c1ccc(F)c(Cl)c1.CCCN(C)Cc1cn[nH]c1-c1ccc(OC)c(Cl)c1.CCCN(C)Cc1cn[nH]c1-c1cccc(Cl)c1.CCCN(C)Cc1cn[nH]c1-c1cccc(Cl)c1F. The van der Waals surface area contributed by atoms with Crippen LogP contribution in [0.25, 0.3) is 78.8 Å². The van der Waals surface area contributed by atoms with Gasteiger partial charge in [0.2, 0.25) is 0 Å². The number of aromatic nitrogens is 14. The Kier molecular flexibility index (Phi) is 46.8. The van der Waals surface area contributed by atoms with E-state index >= 15 is 0 Å². The quantitative estimate of drug-likeness (QED) is 0.0191. The second kappa shape index (κ2) is 57.3. The molecule has 0 radical (unpaired) electrons. The van der Waals surface area contributed by atoms with E-state index in [1.807, 2.05) is 105 Å². The van der Waals surface area contributed by atoms with Gasteiger partial charge in [-0.15, -0.1) is 0 Å². The van der Waals surface area contributed by atoms with Gasteiger partial charge in [0, 0.05) is 144 Å². The summed E-state index contributed by atoms with van der Waals surface area (Å²) in [6, 6.07) is 39.6. The van der Waals surface area contributed by atoms with Gasteiger partial charge < -0.3 is 43.8 Å². The maximum atomic E-state index is 14.0. The zero-order valence-corrected chi connectivity index (χ0v) is 85.2. The molecule has 7 N–H and O–H groups in total. The van der Waals surface area contributed by atoms with Gasteiger partial charge in [0.15, 0.2) is 5.82 Å². The third-order valence-electron chi connectivity index (χ3n) is 21.3. The number of hydrogen-bond donors (Lipinski definition) is 7. The van der Waals surface area contributed by atoms with Gasteiger partial charge in [-0.1, -0.05) is 160 Å². The normalized spacial score (nSPS) is 11.1. The minimum atomic E-state index is -0.409. The van der Waals surface area contributed by atoms with Crippen molar-refractivity contribution in [3.63, 3.8) is 0 Å². The first-order valence-electron chi connectivity index (χ1n) is 45.0. The van der Waals surface area contributed by atoms with Gasteiger partial charge in [0.1, 0.15) is 23.1 Å². The van der Waals surface area contributed by atoms with Crippen LogP contribution in [-0.2, 0) is 45.8 Å². The third-order valence-corrected chi connectivity index (χ3v) is 23.3. The van der Waals surface area contributed by atoms with Crippen LogP contribution in [0.2, 0.25) is 35.2 Å². The highest BCUT2D eigenvalue weighted by Crippen LogP contribution is 2.36. The van der Waals surface area contributed by atoms with Crippen molar-refractivity contribution in [2.24, 2.45) is 0 Å². The molecule has 0 spiro atoms. The Bertz CT molecular complexity index is 5690. The first kappa shape index (κ1) is 109. The fourth-order valence-electron chi connectivity index (χ4n) is 15.1. The number of H-pyrrole nitrogens is 7. The van der Waals surface area contributed by atoms with E-state index in [1.165, 1.54) is 34.9 Å². The molecule has 0 saturated heterocycles. The van der Waals surface area contributed by atoms with Gasteiger partial charge in [-0.2, -0.15) is 35.7 Å². The molecule has 0 aliphatic rings. The molecule has 23 nitrogen and oxygen atoms in total. The molecule has 0 aliphatic heterocycles. The smallest absolute Gasteiger partial charge is 0.151 e. The number of ether oxygens (including phenoxy) is 2. The lowest BCUT2D eigenvalue weighted by Crippen LogP contribution is -2.18. The predicted octanol–water partition coefficient (Wildman–Crippen LogP) is 25.7. The molecule has 7 heterocycles. The fraction of sp³-hybridized carbons (Fsp3) is 0.376. The van der Waals surface area contributed by atoms with Gasteiger partial charge in [-0.25, -0.2) is 13.2 Å². The van der Waals surface area contributed by atoms with Crippen LogP contribution in [0.3, 0.4) is 0 Å². The molecule has 0 bridgehead atoms. The number of halogens is 10. The average molecular weight is 1970 g/mol. The van der Waals surface area contributed by atoms with Gasteiger partial charge in [-0.3, -0.25) is 35.7 Å². The highest BCUT2D eigenvalue weighted by atomic mass is 35.5. The lowest BCUT2D eigenvalue weighted by Gasteiger charge is -2.15. The Morgan fingerprint density at radius 3 is 0.948 bits per heavy atom. The molecular weight excluding hydrogens is 1840 g/mol.